The van der Waals surface area contributed by atoms with Crippen molar-refractivity contribution in [2.45, 2.75) is 13.3 Å². The second kappa shape index (κ2) is 3.75. The summed E-state index contributed by atoms with van der Waals surface area (Å²) in [6.07, 6.45) is 0.579. The van der Waals surface area contributed by atoms with Crippen molar-refractivity contribution >= 4 is 17.6 Å². The molecule has 1 aromatic rings. The summed E-state index contributed by atoms with van der Waals surface area (Å²) in [6.45, 7) is 1.82. The standard InChI is InChI=1S/C9H8ClFO2/c1-2-5-3-4-6(9(12)13)8(11)7(5)10/h3-4H,2H2,1H3,(H,12,13). The number of halogens is 2. The molecule has 0 bridgehead atoms. The second-order valence-corrected chi connectivity index (χ2v) is 2.94. The molecule has 0 spiro atoms. The SMILES string of the molecule is CCc1ccc(C(=O)O)c(F)c1Cl. The molecule has 1 rings (SSSR count). The average Bonchev–Trinajstić information content (AvgIpc) is 2.09. The van der Waals surface area contributed by atoms with Crippen LogP contribution in [0.5, 0.6) is 0 Å². The van der Waals surface area contributed by atoms with E-state index in [4.69, 9.17) is 16.7 Å². The van der Waals surface area contributed by atoms with Crippen molar-refractivity contribution in [2.24, 2.45) is 0 Å². The fraction of sp³-hybridized carbons (Fsp3) is 0.222. The van der Waals surface area contributed by atoms with Crippen LogP contribution in [-0.4, -0.2) is 11.1 Å². The Bertz CT molecular complexity index is 350. The van der Waals surface area contributed by atoms with Crippen molar-refractivity contribution in [1.29, 1.82) is 0 Å². The Kier molecular flexibility index (Phi) is 2.88. The van der Waals surface area contributed by atoms with E-state index in [1.165, 1.54) is 12.1 Å². The number of carboxylic acid groups (broad SMARTS) is 1. The molecule has 0 radical (unpaired) electrons. The molecule has 0 fully saturated rings. The number of rotatable bonds is 2. The largest absolute Gasteiger partial charge is 0.478 e. The van der Waals surface area contributed by atoms with Gasteiger partial charge in [-0.25, -0.2) is 9.18 Å². The molecule has 1 aromatic carbocycles. The van der Waals surface area contributed by atoms with Gasteiger partial charge >= 0.3 is 5.97 Å². The normalized spacial score (nSPS) is 10.1. The van der Waals surface area contributed by atoms with Crippen LogP contribution in [0.4, 0.5) is 4.39 Å². The third-order valence-electron chi connectivity index (χ3n) is 1.77. The first kappa shape index (κ1) is 9.99. The van der Waals surface area contributed by atoms with Crippen LogP contribution in [0.3, 0.4) is 0 Å². The summed E-state index contributed by atoms with van der Waals surface area (Å²) in [5, 5.41) is 8.46. The Hall–Kier alpha value is -1.09. The predicted octanol–water partition coefficient (Wildman–Crippen LogP) is 2.74. The molecule has 1 N–H and O–H groups in total. The minimum atomic E-state index is -1.30. The van der Waals surface area contributed by atoms with Gasteiger partial charge in [-0.3, -0.25) is 0 Å². The molecule has 0 aliphatic carbocycles. The molecule has 70 valence electrons. The number of carboxylic acids is 1. The number of aromatic carboxylic acids is 1. The van der Waals surface area contributed by atoms with Crippen LogP contribution in [0.25, 0.3) is 0 Å². The van der Waals surface area contributed by atoms with Gasteiger partial charge in [-0.2, -0.15) is 0 Å². The smallest absolute Gasteiger partial charge is 0.338 e. The lowest BCUT2D eigenvalue weighted by atomic mass is 10.1. The maximum absolute atomic E-state index is 13.2. The number of benzene rings is 1. The Morgan fingerprint density at radius 1 is 1.62 bits per heavy atom. The maximum atomic E-state index is 13.2. The minimum absolute atomic E-state index is 0.0950. The summed E-state index contributed by atoms with van der Waals surface area (Å²) in [5.41, 5.74) is 0.228. The second-order valence-electron chi connectivity index (χ2n) is 2.56. The number of carbonyl (C=O) groups is 1. The molecular weight excluding hydrogens is 195 g/mol. The van der Waals surface area contributed by atoms with Crippen LogP contribution < -0.4 is 0 Å². The lowest BCUT2D eigenvalue weighted by Gasteiger charge is -2.04. The van der Waals surface area contributed by atoms with Crippen molar-refractivity contribution in [3.8, 4) is 0 Å². The van der Waals surface area contributed by atoms with E-state index in [0.29, 0.717) is 12.0 Å². The van der Waals surface area contributed by atoms with Gasteiger partial charge in [0, 0.05) is 0 Å². The molecule has 0 saturated carbocycles. The third kappa shape index (κ3) is 1.80. The van der Waals surface area contributed by atoms with Crippen LogP contribution in [0.15, 0.2) is 12.1 Å². The van der Waals surface area contributed by atoms with Gasteiger partial charge in [0.15, 0.2) is 5.82 Å². The van der Waals surface area contributed by atoms with E-state index in [2.05, 4.69) is 0 Å². The van der Waals surface area contributed by atoms with E-state index in [9.17, 15) is 9.18 Å². The van der Waals surface area contributed by atoms with E-state index in [1.807, 2.05) is 6.92 Å². The quantitative estimate of drug-likeness (QED) is 0.801. The van der Waals surface area contributed by atoms with Gasteiger partial charge in [-0.05, 0) is 18.1 Å². The molecule has 2 nitrogen and oxygen atoms in total. The number of aryl methyl sites for hydroxylation is 1. The van der Waals surface area contributed by atoms with Gasteiger partial charge in [-0.1, -0.05) is 24.6 Å². The first-order valence-corrected chi connectivity index (χ1v) is 4.16. The van der Waals surface area contributed by atoms with Crippen LogP contribution in [0, 0.1) is 5.82 Å². The van der Waals surface area contributed by atoms with E-state index < -0.39 is 11.8 Å². The number of hydrogen-bond acceptors (Lipinski definition) is 1. The monoisotopic (exact) mass is 202 g/mol. The summed E-state index contributed by atoms with van der Waals surface area (Å²) in [5.74, 6) is -2.16. The van der Waals surface area contributed by atoms with Gasteiger partial charge in [0.2, 0.25) is 0 Å². The molecule has 0 saturated heterocycles. The van der Waals surface area contributed by atoms with Crippen molar-refractivity contribution in [3.05, 3.63) is 34.1 Å². The van der Waals surface area contributed by atoms with Gasteiger partial charge in [0.05, 0.1) is 10.6 Å². The van der Waals surface area contributed by atoms with Crippen LogP contribution >= 0.6 is 11.6 Å². The van der Waals surface area contributed by atoms with Crippen LogP contribution in [0.1, 0.15) is 22.8 Å². The molecule has 0 unspecified atom stereocenters. The average molecular weight is 203 g/mol. The molecule has 0 aromatic heterocycles. The zero-order valence-corrected chi connectivity index (χ0v) is 7.73. The Morgan fingerprint density at radius 2 is 2.23 bits per heavy atom. The Balaban J connectivity index is 3.31. The summed E-state index contributed by atoms with van der Waals surface area (Å²) in [4.78, 5) is 10.5. The topological polar surface area (TPSA) is 37.3 Å². The highest BCUT2D eigenvalue weighted by molar-refractivity contribution is 6.31. The summed E-state index contributed by atoms with van der Waals surface area (Å²) in [6, 6.07) is 2.75. The van der Waals surface area contributed by atoms with E-state index in [1.54, 1.807) is 0 Å². The zero-order valence-electron chi connectivity index (χ0n) is 6.97. The molecule has 0 aliphatic rings. The number of hydrogen-bond donors (Lipinski definition) is 1. The summed E-state index contributed by atoms with van der Waals surface area (Å²) < 4.78 is 13.2. The minimum Gasteiger partial charge on any atom is -0.478 e. The van der Waals surface area contributed by atoms with Crippen LogP contribution in [-0.2, 0) is 6.42 Å². The lowest BCUT2D eigenvalue weighted by molar-refractivity contribution is 0.0692. The van der Waals surface area contributed by atoms with Gasteiger partial charge < -0.3 is 5.11 Å². The zero-order chi connectivity index (χ0) is 10.0. The lowest BCUT2D eigenvalue weighted by Crippen LogP contribution is -2.02. The molecule has 13 heavy (non-hydrogen) atoms. The maximum Gasteiger partial charge on any atom is 0.338 e. The summed E-state index contributed by atoms with van der Waals surface area (Å²) in [7, 11) is 0. The van der Waals surface area contributed by atoms with Gasteiger partial charge in [0.25, 0.3) is 0 Å². The van der Waals surface area contributed by atoms with Crippen LogP contribution in [0.2, 0.25) is 5.02 Å². The van der Waals surface area contributed by atoms with Crippen molar-refractivity contribution in [3.63, 3.8) is 0 Å². The molecule has 0 atom stereocenters. The van der Waals surface area contributed by atoms with E-state index in [0.717, 1.165) is 0 Å². The molecule has 4 heteroatoms. The predicted molar refractivity (Wildman–Crippen MR) is 47.7 cm³/mol. The highest BCUT2D eigenvalue weighted by atomic mass is 35.5. The first-order chi connectivity index (χ1) is 6.07. The van der Waals surface area contributed by atoms with Gasteiger partial charge in [-0.15, -0.1) is 0 Å². The van der Waals surface area contributed by atoms with Crippen molar-refractivity contribution in [1.82, 2.24) is 0 Å². The van der Waals surface area contributed by atoms with E-state index in [-0.39, 0.29) is 10.6 Å². The van der Waals surface area contributed by atoms with Crippen molar-refractivity contribution < 1.29 is 14.3 Å². The first-order valence-electron chi connectivity index (χ1n) is 3.78. The van der Waals surface area contributed by atoms with Crippen molar-refractivity contribution in [2.75, 3.05) is 0 Å². The third-order valence-corrected chi connectivity index (χ3v) is 2.18. The Morgan fingerprint density at radius 3 is 2.69 bits per heavy atom. The van der Waals surface area contributed by atoms with Gasteiger partial charge in [0.1, 0.15) is 0 Å². The molecule has 0 heterocycles. The highest BCUT2D eigenvalue weighted by Crippen LogP contribution is 2.23. The van der Waals surface area contributed by atoms with E-state index >= 15 is 0 Å². The molecule has 0 amide bonds. The fourth-order valence-corrected chi connectivity index (χ4v) is 1.33. The molecular formula is C9H8ClFO2. The summed E-state index contributed by atoms with van der Waals surface area (Å²) >= 11 is 5.60. The Labute approximate surface area is 80.0 Å². The molecule has 0 aliphatic heterocycles. The fourth-order valence-electron chi connectivity index (χ4n) is 1.03. The highest BCUT2D eigenvalue weighted by Gasteiger charge is 2.15.